The molecule has 0 unspecified atom stereocenters. The van der Waals surface area contributed by atoms with Gasteiger partial charge in [0, 0.05) is 0 Å². The molecule has 2 N–H and O–H groups in total. The van der Waals surface area contributed by atoms with E-state index in [4.69, 9.17) is 2.86 Å². The minimum Gasteiger partial charge on any atom is -0.756 e. The molecule has 32 valence electrons. The zero-order valence-electron chi connectivity index (χ0n) is 5.08. The van der Waals surface area contributed by atoms with Crippen molar-refractivity contribution in [3.63, 3.8) is 0 Å². The predicted octanol–water partition coefficient (Wildman–Crippen LogP) is -4.56. The van der Waals surface area contributed by atoms with E-state index in [1.54, 1.807) is 0 Å². The van der Waals surface area contributed by atoms with E-state index in [1.165, 1.54) is 0 Å². The first-order chi connectivity index (χ1) is 3.12. The monoisotopic (exact) mass is 232 g/mol. The van der Waals surface area contributed by atoms with Gasteiger partial charge in [0.25, 0.3) is 7.82 Å². The maximum Gasteiger partial charge on any atom is 1.00 e. The zero-order valence-corrected chi connectivity index (χ0v) is 10.3. The van der Waals surface area contributed by atoms with E-state index in [9.17, 15) is 9.46 Å². The van der Waals surface area contributed by atoms with Crippen molar-refractivity contribution in [3.8, 4) is 0 Å². The van der Waals surface area contributed by atoms with Gasteiger partial charge in [0.1, 0.15) is 0 Å². The molecule has 0 saturated heterocycles. The summed E-state index contributed by atoms with van der Waals surface area (Å²) in [5, 5.41) is 0. The maximum atomic E-state index is 9.58. The van der Waals surface area contributed by atoms with Crippen LogP contribution in [0.25, 0.3) is 0 Å². The molecule has 0 aliphatic rings. The van der Waals surface area contributed by atoms with E-state index in [0.29, 0.717) is 0 Å². The molecule has 0 aromatic heterocycles. The summed E-state index contributed by atoms with van der Waals surface area (Å²) in [4.78, 5) is 15.4. The van der Waals surface area contributed by atoms with E-state index in [1.807, 2.05) is 0 Å². The van der Waals surface area contributed by atoms with Crippen molar-refractivity contribution in [1.29, 1.82) is 2.86 Å². The van der Waals surface area contributed by atoms with Gasteiger partial charge >= 0.3 is 68.9 Å². The standard InChI is InChI=1S/Cs.H3O4P/c;1-5(2,3)4/h;(H3,1,2,3,4)/q+1;/p-1/i/hD2. The Bertz CT molecular complexity index is 86.0. The van der Waals surface area contributed by atoms with Crippen LogP contribution in [0, 0.1) is 0 Å². The van der Waals surface area contributed by atoms with Crippen molar-refractivity contribution in [3.05, 3.63) is 0 Å². The number of rotatable bonds is 2. The summed E-state index contributed by atoms with van der Waals surface area (Å²) < 4.78 is 20.9. The smallest absolute Gasteiger partial charge is 0.756 e. The molecule has 0 saturated carbocycles. The van der Waals surface area contributed by atoms with Crippen molar-refractivity contribution in [2.75, 3.05) is 0 Å². The minimum atomic E-state index is -4.57. The van der Waals surface area contributed by atoms with Crippen LogP contribution in [-0.4, -0.2) is 12.7 Å². The number of phosphoric acid groups is 1. The van der Waals surface area contributed by atoms with Gasteiger partial charge < -0.3 is 14.7 Å². The molecule has 6 heteroatoms. The van der Waals surface area contributed by atoms with Gasteiger partial charge in [-0.05, 0) is 0 Å². The van der Waals surface area contributed by atoms with E-state index < -0.39 is 7.82 Å². The Kier molecular flexibility index (Phi) is 4.28. The molecule has 4 nitrogen and oxygen atoms in total. The van der Waals surface area contributed by atoms with Crippen LogP contribution >= 0.6 is 7.82 Å². The van der Waals surface area contributed by atoms with Crippen molar-refractivity contribution in [2.24, 2.45) is 0 Å². The van der Waals surface area contributed by atoms with Gasteiger partial charge in [0.2, 0.25) is 2.86 Å². The van der Waals surface area contributed by atoms with Gasteiger partial charge in [-0.1, -0.05) is 0 Å². The fraction of sp³-hybridized carbons (Fsp3) is 0. The predicted molar refractivity (Wildman–Crippen MR) is 12.0 cm³/mol. The molecular weight excluding hydrogens is 228 g/mol. The molecule has 0 spiro atoms. The van der Waals surface area contributed by atoms with E-state index >= 15 is 0 Å². The van der Waals surface area contributed by atoms with Crippen molar-refractivity contribution in [1.82, 2.24) is 0 Å². The SMILES string of the molecule is [2H]OP(=O)([O-])O[2H].[Cs+]. The molecule has 0 aliphatic heterocycles. The molecule has 0 aromatic carbocycles. The molecule has 0 radical (unpaired) electrons. The Morgan fingerprint density at radius 1 is 1.83 bits per heavy atom. The molecule has 0 atom stereocenters. The second-order valence-corrected chi connectivity index (χ2v) is 1.34. The quantitative estimate of drug-likeness (QED) is 0.470. The third-order valence-corrected chi connectivity index (χ3v) is 0. The molecule has 0 rings (SSSR count). The van der Waals surface area contributed by atoms with Crippen molar-refractivity contribution in [2.45, 2.75) is 0 Å². The van der Waals surface area contributed by atoms with E-state index in [0.717, 1.165) is 0 Å². The second kappa shape index (κ2) is 4.08. The Labute approximate surface area is 96.6 Å². The van der Waals surface area contributed by atoms with Gasteiger partial charge in [0.05, 0.1) is 0 Å². The average Bonchev–Trinajstić information content (AvgIpc) is 1.68. The molecule has 0 aromatic rings. The Morgan fingerprint density at radius 2 is 2.17 bits per heavy atom. The van der Waals surface area contributed by atoms with Crippen molar-refractivity contribution >= 4 is 7.82 Å². The third-order valence-electron chi connectivity index (χ3n) is 0. The normalized spacial score (nSPS) is 14.2. The van der Waals surface area contributed by atoms with E-state index in [2.05, 4.69) is 9.79 Å². The van der Waals surface area contributed by atoms with Crippen LogP contribution in [0.2, 0.25) is 0 Å². The van der Waals surface area contributed by atoms with Crippen LogP contribution in [-0.2, 0) is 4.57 Å². The van der Waals surface area contributed by atoms with E-state index in [-0.39, 0.29) is 68.9 Å². The van der Waals surface area contributed by atoms with Crippen LogP contribution in [0.5, 0.6) is 0 Å². The Morgan fingerprint density at radius 3 is 2.17 bits per heavy atom. The summed E-state index contributed by atoms with van der Waals surface area (Å²) >= 11 is 0. The number of hydrogen-bond acceptors (Lipinski definition) is 4. The summed E-state index contributed by atoms with van der Waals surface area (Å²) in [6, 6.07) is 0. The third kappa shape index (κ3) is 35.1. The summed E-state index contributed by atoms with van der Waals surface area (Å²) in [5.74, 6) is 0. The van der Waals surface area contributed by atoms with Crippen molar-refractivity contribution < 1.29 is 88.1 Å². The second-order valence-electron chi connectivity index (χ2n) is 0.447. The number of hydrogen-bond donors (Lipinski definition) is 2. The van der Waals surface area contributed by atoms with Crippen LogP contribution in [0.4, 0.5) is 0 Å². The molecule has 0 heterocycles. The first-order valence-electron chi connectivity index (χ1n) is 1.55. The van der Waals surface area contributed by atoms with Gasteiger partial charge in [-0.3, -0.25) is 4.57 Å². The average molecular weight is 232 g/mol. The topological polar surface area (TPSA) is 80.6 Å². The first kappa shape index (κ1) is 6.28. The fourth-order valence-electron chi connectivity index (χ4n) is 0. The largest absolute Gasteiger partial charge is 1.00 e. The Balaban J connectivity index is 0. The molecule has 0 fully saturated rings. The first-order valence-corrected chi connectivity index (χ1v) is 2.19. The fourth-order valence-corrected chi connectivity index (χ4v) is 0. The summed E-state index contributed by atoms with van der Waals surface area (Å²) in [6.07, 6.45) is 0. The maximum absolute atomic E-state index is 9.58. The minimum absolute atomic E-state index is 0. The molecule has 0 aliphatic carbocycles. The van der Waals surface area contributed by atoms with Crippen LogP contribution < -0.4 is 73.8 Å². The molecule has 0 amide bonds. The van der Waals surface area contributed by atoms with Gasteiger partial charge in [0.15, 0.2) is 0 Å². The van der Waals surface area contributed by atoms with Crippen LogP contribution in [0.1, 0.15) is 0 Å². The Hall–Kier alpha value is 2.16. The molecule has 6 heavy (non-hydrogen) atoms. The summed E-state index contributed by atoms with van der Waals surface area (Å²) in [6.45, 7) is 0. The summed E-state index contributed by atoms with van der Waals surface area (Å²) in [7, 11) is -4.57. The summed E-state index contributed by atoms with van der Waals surface area (Å²) in [5.41, 5.74) is 0. The van der Waals surface area contributed by atoms with Crippen LogP contribution in [0.15, 0.2) is 0 Å². The van der Waals surface area contributed by atoms with Gasteiger partial charge in [-0.15, -0.1) is 0 Å². The molecular formula is H2CsO4P. The zero-order chi connectivity index (χ0) is 5.91. The van der Waals surface area contributed by atoms with Crippen LogP contribution in [0.3, 0.4) is 0 Å². The van der Waals surface area contributed by atoms with Gasteiger partial charge in [-0.25, -0.2) is 0 Å². The molecule has 0 bridgehead atoms. The van der Waals surface area contributed by atoms with Gasteiger partial charge in [-0.2, -0.15) is 0 Å².